The highest BCUT2D eigenvalue weighted by Gasteiger charge is 2.56. The van der Waals surface area contributed by atoms with Crippen molar-refractivity contribution in [2.75, 3.05) is 19.6 Å². The van der Waals surface area contributed by atoms with Crippen LogP contribution in [0.4, 0.5) is 22.4 Å². The van der Waals surface area contributed by atoms with Gasteiger partial charge < -0.3 is 20.5 Å². The molecule has 1 aromatic carbocycles. The summed E-state index contributed by atoms with van der Waals surface area (Å²) >= 11 is 5.89. The lowest BCUT2D eigenvalue weighted by Gasteiger charge is -2.32. The van der Waals surface area contributed by atoms with E-state index in [-0.39, 0.29) is 22.2 Å². The normalized spacial score (nSPS) is 17.1. The van der Waals surface area contributed by atoms with Crippen molar-refractivity contribution in [3.8, 4) is 11.3 Å². The molecule has 1 amide bonds. The molecule has 2 heterocycles. The topological polar surface area (TPSA) is 83.5 Å². The lowest BCUT2D eigenvalue weighted by Crippen LogP contribution is -2.52. The Labute approximate surface area is 206 Å². The Morgan fingerprint density at radius 3 is 2.43 bits per heavy atom. The van der Waals surface area contributed by atoms with Crippen molar-refractivity contribution in [2.45, 2.75) is 56.9 Å². The SMILES string of the molecule is CC(C)(C)OC(=O)NCC(O)(c1cc(C2CCNCC2)cc(-c2ccc(F)c(Cl)c2)n1)C(F)(F)F. The van der Waals surface area contributed by atoms with Crippen LogP contribution in [0.3, 0.4) is 0 Å². The van der Waals surface area contributed by atoms with Crippen molar-refractivity contribution in [3.63, 3.8) is 0 Å². The van der Waals surface area contributed by atoms with E-state index in [2.05, 4.69) is 10.3 Å². The van der Waals surface area contributed by atoms with Gasteiger partial charge in [-0.2, -0.15) is 13.2 Å². The molecule has 11 heteroatoms. The second-order valence-electron chi connectivity index (χ2n) is 9.54. The Morgan fingerprint density at radius 2 is 1.86 bits per heavy atom. The summed E-state index contributed by atoms with van der Waals surface area (Å²) in [5.41, 5.74) is -4.20. The molecule has 1 saturated heterocycles. The molecule has 6 nitrogen and oxygen atoms in total. The highest BCUT2D eigenvalue weighted by atomic mass is 35.5. The van der Waals surface area contributed by atoms with Gasteiger partial charge in [0, 0.05) is 5.56 Å². The molecule has 1 fully saturated rings. The van der Waals surface area contributed by atoms with Gasteiger partial charge in [0.1, 0.15) is 11.4 Å². The van der Waals surface area contributed by atoms with Gasteiger partial charge in [0.25, 0.3) is 0 Å². The van der Waals surface area contributed by atoms with Gasteiger partial charge >= 0.3 is 12.3 Å². The number of benzene rings is 1. The summed E-state index contributed by atoms with van der Waals surface area (Å²) in [6.45, 7) is 4.84. The van der Waals surface area contributed by atoms with Gasteiger partial charge in [-0.15, -0.1) is 0 Å². The molecule has 1 unspecified atom stereocenters. The zero-order valence-corrected chi connectivity index (χ0v) is 20.4. The molecule has 0 bridgehead atoms. The Balaban J connectivity index is 2.08. The van der Waals surface area contributed by atoms with Crippen molar-refractivity contribution < 1.29 is 32.2 Å². The van der Waals surface area contributed by atoms with Gasteiger partial charge in [-0.1, -0.05) is 11.6 Å². The van der Waals surface area contributed by atoms with Gasteiger partial charge in [0.2, 0.25) is 5.60 Å². The molecule has 35 heavy (non-hydrogen) atoms. The van der Waals surface area contributed by atoms with Crippen LogP contribution >= 0.6 is 11.6 Å². The third kappa shape index (κ3) is 6.62. The van der Waals surface area contributed by atoms with Crippen LogP contribution in [0.15, 0.2) is 30.3 Å². The summed E-state index contributed by atoms with van der Waals surface area (Å²) in [5, 5.41) is 15.9. The largest absolute Gasteiger partial charge is 0.444 e. The predicted molar refractivity (Wildman–Crippen MR) is 124 cm³/mol. The maximum atomic E-state index is 14.2. The number of alkyl carbamates (subject to hydrolysis) is 1. The summed E-state index contributed by atoms with van der Waals surface area (Å²) in [5.74, 6) is -0.762. The average molecular weight is 518 g/mol. The number of alkyl halides is 3. The summed E-state index contributed by atoms with van der Waals surface area (Å²) < 4.78 is 61.4. The van der Waals surface area contributed by atoms with E-state index < -0.39 is 41.5 Å². The summed E-state index contributed by atoms with van der Waals surface area (Å²) in [6, 6.07) is 6.55. The number of ether oxygens (including phenoxy) is 1. The van der Waals surface area contributed by atoms with Gasteiger partial charge in [-0.25, -0.2) is 14.2 Å². The van der Waals surface area contributed by atoms with E-state index in [9.17, 15) is 27.5 Å². The van der Waals surface area contributed by atoms with Crippen molar-refractivity contribution in [2.24, 2.45) is 0 Å². The highest BCUT2D eigenvalue weighted by Crippen LogP contribution is 2.40. The Kier molecular flexibility index (Phi) is 7.98. The number of nitrogens with one attached hydrogen (secondary N) is 2. The third-order valence-corrected chi connectivity index (χ3v) is 5.94. The molecule has 1 atom stereocenters. The van der Waals surface area contributed by atoms with E-state index >= 15 is 0 Å². The number of halogens is 5. The zero-order chi connectivity index (χ0) is 26.0. The highest BCUT2D eigenvalue weighted by molar-refractivity contribution is 6.31. The number of hydrogen-bond acceptors (Lipinski definition) is 5. The molecule has 3 N–H and O–H groups in total. The fourth-order valence-corrected chi connectivity index (χ4v) is 3.99. The maximum absolute atomic E-state index is 14.2. The smallest absolute Gasteiger partial charge is 0.424 e. The molecule has 2 aromatic rings. The lowest BCUT2D eigenvalue weighted by molar-refractivity contribution is -0.265. The Bertz CT molecular complexity index is 1070. The van der Waals surface area contributed by atoms with Gasteiger partial charge in [-0.05, 0) is 88.5 Å². The zero-order valence-electron chi connectivity index (χ0n) is 19.6. The van der Waals surface area contributed by atoms with E-state index in [0.29, 0.717) is 31.5 Å². The minimum Gasteiger partial charge on any atom is -0.444 e. The minimum atomic E-state index is -5.18. The molecule has 1 aromatic heterocycles. The Hall–Kier alpha value is -2.43. The summed E-state index contributed by atoms with van der Waals surface area (Å²) in [7, 11) is 0. The first-order valence-electron chi connectivity index (χ1n) is 11.1. The van der Waals surface area contributed by atoms with E-state index in [0.717, 1.165) is 6.07 Å². The number of aliphatic hydroxyl groups is 1. The average Bonchev–Trinajstić information content (AvgIpc) is 2.77. The van der Waals surface area contributed by atoms with Crippen molar-refractivity contribution in [1.29, 1.82) is 0 Å². The van der Waals surface area contributed by atoms with Crippen LogP contribution in [0.2, 0.25) is 5.02 Å². The number of amides is 1. The summed E-state index contributed by atoms with van der Waals surface area (Å²) in [4.78, 5) is 16.1. The number of carbonyl (C=O) groups excluding carboxylic acids is 1. The molecular formula is C24H28ClF4N3O3. The minimum absolute atomic E-state index is 0.0797. The van der Waals surface area contributed by atoms with E-state index in [4.69, 9.17) is 16.3 Å². The molecule has 0 spiro atoms. The van der Waals surface area contributed by atoms with Crippen molar-refractivity contribution in [3.05, 3.63) is 52.4 Å². The number of carbonyl (C=O) groups is 1. The number of aromatic nitrogens is 1. The predicted octanol–water partition coefficient (Wildman–Crippen LogP) is 5.28. The molecule has 1 aliphatic rings. The first kappa shape index (κ1) is 27.2. The van der Waals surface area contributed by atoms with Crippen LogP contribution in [0, 0.1) is 5.82 Å². The second-order valence-corrected chi connectivity index (χ2v) is 9.94. The first-order chi connectivity index (χ1) is 16.2. The van der Waals surface area contributed by atoms with Crippen LogP contribution in [0.1, 0.15) is 50.8 Å². The number of pyridine rings is 1. The van der Waals surface area contributed by atoms with E-state index in [1.165, 1.54) is 18.2 Å². The van der Waals surface area contributed by atoms with Crippen molar-refractivity contribution in [1.82, 2.24) is 15.6 Å². The van der Waals surface area contributed by atoms with Crippen LogP contribution in [0.25, 0.3) is 11.3 Å². The van der Waals surface area contributed by atoms with Crippen LogP contribution < -0.4 is 10.6 Å². The lowest BCUT2D eigenvalue weighted by atomic mass is 9.87. The molecule has 0 radical (unpaired) electrons. The number of hydrogen-bond donors (Lipinski definition) is 3. The van der Waals surface area contributed by atoms with Gasteiger partial charge in [-0.3, -0.25) is 0 Å². The Morgan fingerprint density at radius 1 is 1.20 bits per heavy atom. The number of rotatable bonds is 5. The van der Waals surface area contributed by atoms with Gasteiger partial charge in [0.15, 0.2) is 0 Å². The molecule has 1 aliphatic heterocycles. The molecule has 0 saturated carbocycles. The molecular weight excluding hydrogens is 490 g/mol. The van der Waals surface area contributed by atoms with E-state index in [1.807, 2.05) is 5.32 Å². The third-order valence-electron chi connectivity index (χ3n) is 5.65. The second kappa shape index (κ2) is 10.3. The number of nitrogens with zero attached hydrogens (tertiary/aromatic N) is 1. The van der Waals surface area contributed by atoms with E-state index in [1.54, 1.807) is 26.8 Å². The quantitative estimate of drug-likeness (QED) is 0.470. The first-order valence-corrected chi connectivity index (χ1v) is 11.5. The maximum Gasteiger partial charge on any atom is 0.424 e. The number of piperidine rings is 1. The molecule has 3 rings (SSSR count). The fraction of sp³-hybridized carbons (Fsp3) is 0.500. The monoisotopic (exact) mass is 517 g/mol. The standard InChI is InChI=1S/C24H28ClF4N3O3/c1-22(2,3)35-21(33)31-13-23(34,24(27,28)29)20-12-16(14-6-8-30-9-7-14)11-19(32-20)15-4-5-18(26)17(25)10-15/h4-5,10-12,14,30,34H,6-9,13H2,1-3H3,(H,31,33). The van der Waals surface area contributed by atoms with Crippen LogP contribution in [-0.4, -0.2) is 47.6 Å². The van der Waals surface area contributed by atoms with Gasteiger partial charge in [0.05, 0.1) is 23.0 Å². The fourth-order valence-electron chi connectivity index (χ4n) is 3.81. The molecule has 0 aliphatic carbocycles. The summed E-state index contributed by atoms with van der Waals surface area (Å²) in [6.07, 6.45) is -4.94. The van der Waals surface area contributed by atoms with Crippen LogP contribution in [0.5, 0.6) is 0 Å². The molecule has 192 valence electrons. The van der Waals surface area contributed by atoms with Crippen LogP contribution in [-0.2, 0) is 10.3 Å². The van der Waals surface area contributed by atoms with Crippen molar-refractivity contribution >= 4 is 17.7 Å².